The van der Waals surface area contributed by atoms with Crippen LogP contribution in [0.15, 0.2) is 24.3 Å². The lowest BCUT2D eigenvalue weighted by atomic mass is 10.2. The zero-order valence-electron chi connectivity index (χ0n) is 14.3. The Morgan fingerprint density at radius 1 is 1.12 bits per heavy atom. The van der Waals surface area contributed by atoms with E-state index >= 15 is 0 Å². The summed E-state index contributed by atoms with van der Waals surface area (Å²) in [6, 6.07) is 7.37. The molecule has 0 spiro atoms. The maximum atomic E-state index is 13.9. The standard InChI is InChI=1S/C17H25F2NO4/c1-4-20(5-2)16-15(24-16)17(18,19)23-11-10-22-12-13-6-8-14(21-3)9-7-13/h6-9,15-16H,4-5,10-12H2,1-3H3. The lowest BCUT2D eigenvalue weighted by molar-refractivity contribution is -0.254. The minimum Gasteiger partial charge on any atom is -0.497 e. The number of epoxide rings is 1. The first-order valence-electron chi connectivity index (χ1n) is 8.13. The van der Waals surface area contributed by atoms with E-state index in [1.54, 1.807) is 7.11 Å². The highest BCUT2D eigenvalue weighted by Gasteiger charge is 2.60. The van der Waals surface area contributed by atoms with Crippen LogP contribution in [0.5, 0.6) is 5.75 Å². The molecule has 1 saturated heterocycles. The van der Waals surface area contributed by atoms with Gasteiger partial charge in [-0.05, 0) is 30.8 Å². The molecule has 1 aromatic carbocycles. The van der Waals surface area contributed by atoms with Crippen molar-refractivity contribution in [2.24, 2.45) is 0 Å². The molecule has 0 N–H and O–H groups in total. The Morgan fingerprint density at radius 3 is 2.38 bits per heavy atom. The molecule has 136 valence electrons. The van der Waals surface area contributed by atoms with E-state index in [0.717, 1.165) is 11.3 Å². The molecule has 7 heteroatoms. The van der Waals surface area contributed by atoms with Crippen molar-refractivity contribution in [3.63, 3.8) is 0 Å². The molecule has 1 aliphatic rings. The molecular weight excluding hydrogens is 320 g/mol. The van der Waals surface area contributed by atoms with Crippen molar-refractivity contribution < 1.29 is 27.7 Å². The zero-order valence-corrected chi connectivity index (χ0v) is 14.3. The van der Waals surface area contributed by atoms with Crippen LogP contribution in [0.25, 0.3) is 0 Å². The van der Waals surface area contributed by atoms with Gasteiger partial charge in [-0.15, -0.1) is 0 Å². The summed E-state index contributed by atoms with van der Waals surface area (Å²) >= 11 is 0. The monoisotopic (exact) mass is 345 g/mol. The van der Waals surface area contributed by atoms with Gasteiger partial charge in [0, 0.05) is 0 Å². The van der Waals surface area contributed by atoms with Crippen molar-refractivity contribution in [3.05, 3.63) is 29.8 Å². The predicted molar refractivity (Wildman–Crippen MR) is 85.1 cm³/mol. The van der Waals surface area contributed by atoms with E-state index in [1.807, 2.05) is 43.0 Å². The molecule has 2 rings (SSSR count). The van der Waals surface area contributed by atoms with Gasteiger partial charge in [0.2, 0.25) is 0 Å². The summed E-state index contributed by atoms with van der Waals surface area (Å²) in [6.45, 7) is 5.39. The van der Waals surface area contributed by atoms with Gasteiger partial charge in [-0.1, -0.05) is 26.0 Å². The molecule has 0 aliphatic carbocycles. The normalized spacial score (nSPS) is 20.4. The summed E-state index contributed by atoms with van der Waals surface area (Å²) in [7, 11) is 1.59. The average molecular weight is 345 g/mol. The van der Waals surface area contributed by atoms with Crippen molar-refractivity contribution >= 4 is 0 Å². The van der Waals surface area contributed by atoms with Crippen molar-refractivity contribution in [3.8, 4) is 5.75 Å². The van der Waals surface area contributed by atoms with E-state index in [9.17, 15) is 8.78 Å². The molecule has 1 fully saturated rings. The first kappa shape index (κ1) is 19.1. The minimum absolute atomic E-state index is 0.0876. The molecule has 0 aromatic heterocycles. The smallest absolute Gasteiger partial charge is 0.385 e. The van der Waals surface area contributed by atoms with E-state index in [1.165, 1.54) is 0 Å². The highest BCUT2D eigenvalue weighted by atomic mass is 19.3. The summed E-state index contributed by atoms with van der Waals surface area (Å²) in [4.78, 5) is 1.84. The second kappa shape index (κ2) is 8.71. The Labute approximate surface area is 141 Å². The van der Waals surface area contributed by atoms with Crippen LogP contribution in [0.4, 0.5) is 8.78 Å². The van der Waals surface area contributed by atoms with Crippen LogP contribution in [0.3, 0.4) is 0 Å². The van der Waals surface area contributed by atoms with E-state index < -0.39 is 18.4 Å². The third kappa shape index (κ3) is 5.11. The van der Waals surface area contributed by atoms with E-state index in [4.69, 9.17) is 14.2 Å². The number of nitrogens with zero attached hydrogens (tertiary/aromatic N) is 1. The lowest BCUT2D eigenvalue weighted by Gasteiger charge is -2.18. The molecule has 1 heterocycles. The number of hydrogen-bond acceptors (Lipinski definition) is 5. The fourth-order valence-electron chi connectivity index (χ4n) is 2.44. The fraction of sp³-hybridized carbons (Fsp3) is 0.647. The maximum absolute atomic E-state index is 13.9. The van der Waals surface area contributed by atoms with Crippen LogP contribution in [-0.2, 0) is 20.8 Å². The molecule has 24 heavy (non-hydrogen) atoms. The van der Waals surface area contributed by atoms with Gasteiger partial charge in [0.1, 0.15) is 12.0 Å². The average Bonchev–Trinajstić information content (AvgIpc) is 3.38. The number of benzene rings is 1. The SMILES string of the molecule is CCN(CC)C1OC1C(F)(F)OCCOCc1ccc(OC)cc1. The number of hydrogen-bond donors (Lipinski definition) is 0. The quantitative estimate of drug-likeness (QED) is 0.456. The second-order valence-corrected chi connectivity index (χ2v) is 5.48. The Kier molecular flexibility index (Phi) is 6.91. The highest BCUT2D eigenvalue weighted by molar-refractivity contribution is 5.26. The molecule has 2 atom stereocenters. The number of likely N-dealkylation sites (N-methyl/N-ethyl adjacent to an activating group) is 1. The molecule has 0 amide bonds. The summed E-state index contributed by atoms with van der Waals surface area (Å²) in [5.74, 6) is 0.758. The van der Waals surface area contributed by atoms with Crippen LogP contribution < -0.4 is 4.74 Å². The van der Waals surface area contributed by atoms with Crippen LogP contribution in [-0.4, -0.2) is 56.8 Å². The molecule has 0 saturated carbocycles. The predicted octanol–water partition coefficient (Wildman–Crippen LogP) is 2.89. The molecule has 1 aliphatic heterocycles. The van der Waals surface area contributed by atoms with Gasteiger partial charge in [-0.3, -0.25) is 4.90 Å². The van der Waals surface area contributed by atoms with Crippen molar-refractivity contribution in [2.75, 3.05) is 33.4 Å². The second-order valence-electron chi connectivity index (χ2n) is 5.48. The topological polar surface area (TPSA) is 43.5 Å². The summed E-state index contributed by atoms with van der Waals surface area (Å²) in [6.07, 6.45) is -5.05. The van der Waals surface area contributed by atoms with Gasteiger partial charge in [0.25, 0.3) is 0 Å². The maximum Gasteiger partial charge on any atom is 0.385 e. The fourth-order valence-corrected chi connectivity index (χ4v) is 2.44. The molecule has 0 bridgehead atoms. The number of rotatable bonds is 11. The summed E-state index contributed by atoms with van der Waals surface area (Å²) in [5, 5.41) is 0. The molecular formula is C17H25F2NO4. The largest absolute Gasteiger partial charge is 0.497 e. The number of ether oxygens (including phenoxy) is 4. The third-order valence-corrected chi connectivity index (χ3v) is 3.92. The van der Waals surface area contributed by atoms with Crippen molar-refractivity contribution in [2.45, 2.75) is 38.9 Å². The Morgan fingerprint density at radius 2 is 1.79 bits per heavy atom. The summed E-state index contributed by atoms with van der Waals surface area (Å²) in [5.41, 5.74) is 0.940. The van der Waals surface area contributed by atoms with E-state index in [0.29, 0.717) is 19.7 Å². The van der Waals surface area contributed by atoms with Gasteiger partial charge >= 0.3 is 6.11 Å². The van der Waals surface area contributed by atoms with Gasteiger partial charge in [0.05, 0.1) is 26.9 Å². The number of methoxy groups -OCH3 is 1. The number of alkyl halides is 2. The first-order valence-corrected chi connectivity index (χ1v) is 8.13. The Balaban J connectivity index is 1.64. The van der Waals surface area contributed by atoms with Gasteiger partial charge in [-0.2, -0.15) is 8.78 Å². The molecule has 1 aromatic rings. The highest BCUT2D eigenvalue weighted by Crippen LogP contribution is 2.39. The summed E-state index contributed by atoms with van der Waals surface area (Å²) < 4.78 is 47.9. The Hall–Kier alpha value is -1.28. The Bertz CT molecular complexity index is 494. The van der Waals surface area contributed by atoms with Crippen LogP contribution in [0, 0.1) is 0 Å². The van der Waals surface area contributed by atoms with Crippen LogP contribution in [0.2, 0.25) is 0 Å². The van der Waals surface area contributed by atoms with Crippen LogP contribution in [0.1, 0.15) is 19.4 Å². The van der Waals surface area contributed by atoms with E-state index in [2.05, 4.69) is 4.74 Å². The zero-order chi connectivity index (χ0) is 17.6. The van der Waals surface area contributed by atoms with Gasteiger partial charge in [0.15, 0.2) is 6.10 Å². The number of halogens is 2. The lowest BCUT2D eigenvalue weighted by Crippen LogP contribution is -2.36. The van der Waals surface area contributed by atoms with Crippen LogP contribution >= 0.6 is 0 Å². The van der Waals surface area contributed by atoms with E-state index in [-0.39, 0.29) is 13.2 Å². The minimum atomic E-state index is -3.29. The molecule has 5 nitrogen and oxygen atoms in total. The van der Waals surface area contributed by atoms with Crippen molar-refractivity contribution in [1.29, 1.82) is 0 Å². The molecule has 0 radical (unpaired) electrons. The van der Waals surface area contributed by atoms with Gasteiger partial charge < -0.3 is 18.9 Å². The third-order valence-electron chi connectivity index (χ3n) is 3.92. The molecule has 2 unspecified atom stereocenters. The van der Waals surface area contributed by atoms with Crippen molar-refractivity contribution in [1.82, 2.24) is 4.90 Å². The first-order chi connectivity index (χ1) is 11.5. The van der Waals surface area contributed by atoms with Gasteiger partial charge in [-0.25, -0.2) is 0 Å².